The maximum atomic E-state index is 14.5. The Balaban J connectivity index is 1.13. The second-order valence-electron chi connectivity index (χ2n) is 15.6. The van der Waals surface area contributed by atoms with Gasteiger partial charge in [0.2, 0.25) is 5.92 Å². The Morgan fingerprint density at radius 2 is 1.64 bits per heavy atom. The van der Waals surface area contributed by atoms with Gasteiger partial charge in [0, 0.05) is 61.3 Å². The lowest BCUT2D eigenvalue weighted by atomic mass is 9.64. The SMILES string of the molecule is O=C(O)CC1CC2CC(CNC(=O)c3cnc(-c4cn(C5CCC(F)(F)CC5)c5cc(OC6CCS(=O)(=O)CC6)ccc45)nc3C(F)(F)F)CC(C1)C2. The monoisotopic (exact) mass is 766 g/mol. The number of ether oxygens (including phenoxy) is 1. The van der Waals surface area contributed by atoms with Gasteiger partial charge >= 0.3 is 12.1 Å². The molecule has 53 heavy (non-hydrogen) atoms. The van der Waals surface area contributed by atoms with Gasteiger partial charge in [-0.15, -0.1) is 0 Å². The Hall–Kier alpha value is -3.82. The smallest absolute Gasteiger partial charge is 0.434 e. The molecule has 4 aliphatic rings. The number of aromatic nitrogens is 3. The highest BCUT2D eigenvalue weighted by Gasteiger charge is 2.41. The molecule has 3 aromatic rings. The zero-order valence-corrected chi connectivity index (χ0v) is 29.9. The average Bonchev–Trinajstić information content (AvgIpc) is 3.45. The molecule has 2 atom stereocenters. The lowest BCUT2D eigenvalue weighted by molar-refractivity contribution is -0.141. The molecule has 1 saturated heterocycles. The van der Waals surface area contributed by atoms with Crippen molar-refractivity contribution in [3.05, 3.63) is 41.9 Å². The standard InChI is InChI=1S/C37H43F5N4O6S/c38-36(39)7-3-25(4-8-36)46-20-30(28-2-1-27(17-31(28)46)52-26-5-9-53(50,51)10-6-26)34-43-19-29(33(45-34)37(40,41)42)35(49)44-18-24-14-21-11-22(15-24)13-23(12-21)16-32(47)48/h1-2,17,19-26H,3-16,18H2,(H,44,49)(H,47,48). The van der Waals surface area contributed by atoms with Crippen LogP contribution in [0.2, 0.25) is 0 Å². The van der Waals surface area contributed by atoms with Crippen molar-refractivity contribution in [2.45, 2.75) is 101 Å². The maximum Gasteiger partial charge on any atom is 0.434 e. The van der Waals surface area contributed by atoms with Crippen LogP contribution in [0, 0.1) is 23.7 Å². The first kappa shape index (κ1) is 37.5. The predicted molar refractivity (Wildman–Crippen MR) is 184 cm³/mol. The fourth-order valence-electron chi connectivity index (χ4n) is 9.20. The van der Waals surface area contributed by atoms with E-state index in [0.717, 1.165) is 38.3 Å². The zero-order chi connectivity index (χ0) is 37.7. The molecule has 288 valence electrons. The molecule has 3 aliphatic carbocycles. The van der Waals surface area contributed by atoms with Gasteiger partial charge in [0.1, 0.15) is 11.9 Å². The number of carboxylic acids is 1. The molecule has 2 N–H and O–H groups in total. The molecule has 2 bridgehead atoms. The van der Waals surface area contributed by atoms with E-state index >= 15 is 0 Å². The Bertz CT molecular complexity index is 1950. The first-order valence-corrected chi connectivity index (χ1v) is 20.2. The number of hydrogen-bond donors (Lipinski definition) is 2. The molecular formula is C37H43F5N4O6S. The minimum atomic E-state index is -4.99. The van der Waals surface area contributed by atoms with E-state index < -0.39 is 45.1 Å². The van der Waals surface area contributed by atoms with Gasteiger partial charge in [-0.25, -0.2) is 27.2 Å². The molecule has 16 heteroatoms. The Labute approximate surface area is 303 Å². The van der Waals surface area contributed by atoms with Crippen molar-refractivity contribution in [1.82, 2.24) is 19.9 Å². The lowest BCUT2D eigenvalue weighted by Crippen LogP contribution is -2.38. The van der Waals surface area contributed by atoms with Crippen LogP contribution in [-0.4, -0.2) is 70.0 Å². The van der Waals surface area contributed by atoms with Crippen molar-refractivity contribution in [2.75, 3.05) is 18.1 Å². The molecule has 3 heterocycles. The largest absolute Gasteiger partial charge is 0.490 e. The molecular weight excluding hydrogens is 723 g/mol. The van der Waals surface area contributed by atoms with E-state index in [2.05, 4.69) is 15.3 Å². The summed E-state index contributed by atoms with van der Waals surface area (Å²) in [6, 6.07) is 4.59. The number of carbonyl (C=O) groups is 2. The number of fused-ring (bicyclic) bond motifs is 3. The molecule has 4 fully saturated rings. The number of amides is 1. The summed E-state index contributed by atoms with van der Waals surface area (Å²) >= 11 is 0. The average molecular weight is 767 g/mol. The first-order chi connectivity index (χ1) is 25.0. The van der Waals surface area contributed by atoms with Crippen molar-refractivity contribution in [3.8, 4) is 17.1 Å². The van der Waals surface area contributed by atoms with Crippen molar-refractivity contribution in [1.29, 1.82) is 0 Å². The van der Waals surface area contributed by atoms with Crippen LogP contribution in [0.5, 0.6) is 5.75 Å². The van der Waals surface area contributed by atoms with E-state index in [1.165, 1.54) is 0 Å². The van der Waals surface area contributed by atoms with Crippen LogP contribution in [0.15, 0.2) is 30.6 Å². The fraction of sp³-hybridized carbons (Fsp3) is 0.622. The number of nitrogens with one attached hydrogen (secondary N) is 1. The lowest BCUT2D eigenvalue weighted by Gasteiger charge is -2.42. The second kappa shape index (κ2) is 14.4. The third-order valence-electron chi connectivity index (χ3n) is 11.6. The number of benzene rings is 1. The van der Waals surface area contributed by atoms with Gasteiger partial charge in [-0.2, -0.15) is 13.2 Å². The van der Waals surface area contributed by atoms with E-state index in [1.807, 2.05) is 0 Å². The van der Waals surface area contributed by atoms with Gasteiger partial charge in [-0.1, -0.05) is 0 Å². The van der Waals surface area contributed by atoms with Gasteiger partial charge in [0.25, 0.3) is 5.91 Å². The Kier molecular flexibility index (Phi) is 10.2. The van der Waals surface area contributed by atoms with Crippen molar-refractivity contribution in [2.24, 2.45) is 23.7 Å². The number of nitrogens with zero attached hydrogens (tertiary/aromatic N) is 3. The van der Waals surface area contributed by atoms with Gasteiger partial charge in [0.15, 0.2) is 21.4 Å². The topological polar surface area (TPSA) is 140 Å². The quantitative estimate of drug-likeness (QED) is 0.214. The number of carboxylic acid groups (broad SMARTS) is 1. The summed E-state index contributed by atoms with van der Waals surface area (Å²) < 4.78 is 104. The third-order valence-corrected chi connectivity index (χ3v) is 13.3. The number of rotatable bonds is 9. The zero-order valence-electron chi connectivity index (χ0n) is 29.1. The van der Waals surface area contributed by atoms with E-state index in [0.29, 0.717) is 41.3 Å². The van der Waals surface area contributed by atoms with Gasteiger partial charge in [-0.05, 0) is 93.6 Å². The summed E-state index contributed by atoms with van der Waals surface area (Å²) in [7, 11) is -3.12. The maximum absolute atomic E-state index is 14.5. The van der Waals surface area contributed by atoms with Crippen molar-refractivity contribution >= 4 is 32.6 Å². The van der Waals surface area contributed by atoms with Crippen LogP contribution >= 0.6 is 0 Å². The molecule has 1 aliphatic heterocycles. The molecule has 0 spiro atoms. The molecule has 1 amide bonds. The number of aliphatic carboxylic acids is 1. The van der Waals surface area contributed by atoms with Gasteiger partial charge in [0.05, 0.1) is 22.6 Å². The Morgan fingerprint density at radius 3 is 2.28 bits per heavy atom. The van der Waals surface area contributed by atoms with E-state index in [4.69, 9.17) is 4.74 Å². The predicted octanol–water partition coefficient (Wildman–Crippen LogP) is 7.47. The minimum absolute atomic E-state index is 0.00168. The van der Waals surface area contributed by atoms with Crippen LogP contribution in [0.3, 0.4) is 0 Å². The van der Waals surface area contributed by atoms with Crippen molar-refractivity contribution in [3.63, 3.8) is 0 Å². The third kappa shape index (κ3) is 8.62. The molecule has 3 saturated carbocycles. The summed E-state index contributed by atoms with van der Waals surface area (Å²) in [6.45, 7) is 0.184. The van der Waals surface area contributed by atoms with Gasteiger partial charge in [-0.3, -0.25) is 9.59 Å². The number of halogens is 5. The van der Waals surface area contributed by atoms with Crippen LogP contribution in [0.25, 0.3) is 22.3 Å². The summed E-state index contributed by atoms with van der Waals surface area (Å²) in [4.78, 5) is 32.6. The van der Waals surface area contributed by atoms with Crippen LogP contribution in [0.1, 0.15) is 99.1 Å². The molecule has 1 aromatic carbocycles. The number of hydrogen-bond acceptors (Lipinski definition) is 7. The molecule has 2 unspecified atom stereocenters. The molecule has 0 radical (unpaired) electrons. The summed E-state index contributed by atoms with van der Waals surface area (Å²) in [5.74, 6) is -3.58. The van der Waals surface area contributed by atoms with E-state index in [-0.39, 0.29) is 85.5 Å². The van der Waals surface area contributed by atoms with Gasteiger partial charge < -0.3 is 19.7 Å². The van der Waals surface area contributed by atoms with E-state index in [9.17, 15) is 45.1 Å². The highest BCUT2D eigenvalue weighted by Crippen LogP contribution is 2.46. The number of carbonyl (C=O) groups excluding carboxylic acids is 1. The normalized spacial score (nSPS) is 26.3. The number of sulfone groups is 1. The fourth-order valence-corrected chi connectivity index (χ4v) is 10.6. The Morgan fingerprint density at radius 1 is 0.981 bits per heavy atom. The van der Waals surface area contributed by atoms with Crippen LogP contribution < -0.4 is 10.1 Å². The molecule has 2 aromatic heterocycles. The molecule has 7 rings (SSSR count). The van der Waals surface area contributed by atoms with Crippen LogP contribution in [-0.2, 0) is 20.8 Å². The first-order valence-electron chi connectivity index (χ1n) is 18.4. The highest BCUT2D eigenvalue weighted by molar-refractivity contribution is 7.91. The highest BCUT2D eigenvalue weighted by atomic mass is 32.2. The van der Waals surface area contributed by atoms with E-state index in [1.54, 1.807) is 29.0 Å². The summed E-state index contributed by atoms with van der Waals surface area (Å²) in [5, 5.41) is 12.4. The molecule has 10 nitrogen and oxygen atoms in total. The number of alkyl halides is 5. The minimum Gasteiger partial charge on any atom is -0.490 e. The summed E-state index contributed by atoms with van der Waals surface area (Å²) in [5.41, 5.74) is -1.33. The second-order valence-corrected chi connectivity index (χ2v) is 17.9. The van der Waals surface area contributed by atoms with Crippen LogP contribution in [0.4, 0.5) is 22.0 Å². The van der Waals surface area contributed by atoms with Crippen molar-refractivity contribution < 1.29 is 49.8 Å². The summed E-state index contributed by atoms with van der Waals surface area (Å²) in [6.07, 6.45) is 1.61.